The van der Waals surface area contributed by atoms with Gasteiger partial charge < -0.3 is 18.3 Å². The summed E-state index contributed by atoms with van der Waals surface area (Å²) in [5, 5.41) is 0.825. The van der Waals surface area contributed by atoms with Gasteiger partial charge in [0.05, 0.1) is 25.4 Å². The number of carbonyl (C=O) groups is 1. The minimum atomic E-state index is -0.510. The number of methoxy groups -OCH3 is 1. The monoisotopic (exact) mass is 411 g/mol. The van der Waals surface area contributed by atoms with Crippen molar-refractivity contribution in [1.29, 1.82) is 0 Å². The molecule has 30 heavy (non-hydrogen) atoms. The van der Waals surface area contributed by atoms with Crippen molar-refractivity contribution in [1.82, 2.24) is 4.90 Å². The van der Waals surface area contributed by atoms with Gasteiger partial charge in [0.25, 0.3) is 0 Å². The Morgan fingerprint density at radius 1 is 1.27 bits per heavy atom. The van der Waals surface area contributed by atoms with Gasteiger partial charge in [0.15, 0.2) is 0 Å². The molecular weight excluding hydrogens is 386 g/mol. The number of carbonyl (C=O) groups excluding carboxylic acids is 1. The fourth-order valence-corrected chi connectivity index (χ4v) is 3.99. The van der Waals surface area contributed by atoms with E-state index in [4.69, 9.17) is 18.3 Å². The predicted molar refractivity (Wildman–Crippen MR) is 111 cm³/mol. The summed E-state index contributed by atoms with van der Waals surface area (Å²) in [7, 11) is 1.30. The standard InChI is InChI=1S/C23H25NO6/c1-14-18-10-16-12-24(8-4-6-17-7-5-9-28-17)13-29-21(16)15(2)22(18)30-23(26)19(14)11-20(25)27-3/h5,7,9-10H,4,6,8,11-13H2,1-3H3. The van der Waals surface area contributed by atoms with E-state index >= 15 is 0 Å². The summed E-state index contributed by atoms with van der Waals surface area (Å²) >= 11 is 0. The third-order valence-corrected chi connectivity index (χ3v) is 5.65. The lowest BCUT2D eigenvalue weighted by Gasteiger charge is -2.30. The van der Waals surface area contributed by atoms with Crippen molar-refractivity contribution in [2.75, 3.05) is 20.4 Å². The molecule has 0 unspecified atom stereocenters. The van der Waals surface area contributed by atoms with Gasteiger partial charge in [-0.15, -0.1) is 0 Å². The molecule has 3 heterocycles. The first-order valence-electron chi connectivity index (χ1n) is 10.0. The molecule has 0 aliphatic carbocycles. The van der Waals surface area contributed by atoms with Gasteiger partial charge in [-0.1, -0.05) is 0 Å². The van der Waals surface area contributed by atoms with Gasteiger partial charge in [-0.05, 0) is 44.0 Å². The molecule has 0 N–H and O–H groups in total. The van der Waals surface area contributed by atoms with Crippen molar-refractivity contribution in [3.8, 4) is 5.75 Å². The maximum atomic E-state index is 12.5. The normalized spacial score (nSPS) is 13.8. The van der Waals surface area contributed by atoms with E-state index in [1.54, 1.807) is 6.26 Å². The van der Waals surface area contributed by atoms with Crippen LogP contribution in [0.1, 0.15) is 34.4 Å². The molecule has 0 atom stereocenters. The molecular formula is C23H25NO6. The Morgan fingerprint density at radius 3 is 2.83 bits per heavy atom. The second kappa shape index (κ2) is 8.36. The fraction of sp³-hybridized carbons (Fsp3) is 0.391. The predicted octanol–water partition coefficient (Wildman–Crippen LogP) is 3.50. The van der Waals surface area contributed by atoms with Crippen LogP contribution in [-0.4, -0.2) is 31.3 Å². The molecule has 7 heteroatoms. The Balaban J connectivity index is 1.60. The molecule has 3 aromatic rings. The van der Waals surface area contributed by atoms with Crippen LogP contribution >= 0.6 is 0 Å². The number of hydrogen-bond acceptors (Lipinski definition) is 7. The summed E-state index contributed by atoms with van der Waals surface area (Å²) in [6.07, 6.45) is 3.44. The minimum Gasteiger partial charge on any atom is -0.477 e. The molecule has 7 nitrogen and oxygen atoms in total. The lowest BCUT2D eigenvalue weighted by Crippen LogP contribution is -2.33. The maximum Gasteiger partial charge on any atom is 0.340 e. The SMILES string of the molecule is COC(=O)Cc1c(C)c2cc3c(c(C)c2oc1=O)OCN(CCCc1ccco1)C3. The number of ether oxygens (including phenoxy) is 2. The Morgan fingerprint density at radius 2 is 2.10 bits per heavy atom. The molecule has 0 fully saturated rings. The largest absolute Gasteiger partial charge is 0.477 e. The first-order valence-corrected chi connectivity index (χ1v) is 10.0. The van der Waals surface area contributed by atoms with Gasteiger partial charge in [-0.25, -0.2) is 4.79 Å². The third kappa shape index (κ3) is 3.85. The molecule has 1 aliphatic rings. The van der Waals surface area contributed by atoms with Crippen LogP contribution in [-0.2, 0) is 28.9 Å². The highest BCUT2D eigenvalue weighted by Crippen LogP contribution is 2.36. The highest BCUT2D eigenvalue weighted by atomic mass is 16.5. The Bertz CT molecular complexity index is 1130. The van der Waals surface area contributed by atoms with E-state index in [0.29, 0.717) is 17.9 Å². The van der Waals surface area contributed by atoms with Gasteiger partial charge in [0.2, 0.25) is 0 Å². The van der Waals surface area contributed by atoms with Gasteiger partial charge in [-0.3, -0.25) is 9.69 Å². The zero-order chi connectivity index (χ0) is 21.3. The van der Waals surface area contributed by atoms with E-state index in [1.165, 1.54) is 7.11 Å². The van der Waals surface area contributed by atoms with E-state index in [9.17, 15) is 9.59 Å². The first kappa shape index (κ1) is 20.2. The van der Waals surface area contributed by atoms with Gasteiger partial charge in [0, 0.05) is 36.0 Å². The van der Waals surface area contributed by atoms with Gasteiger partial charge in [-0.2, -0.15) is 0 Å². The van der Waals surface area contributed by atoms with Crippen LogP contribution in [0.25, 0.3) is 11.0 Å². The van der Waals surface area contributed by atoms with Crippen LogP contribution < -0.4 is 10.4 Å². The molecule has 0 bridgehead atoms. The highest BCUT2D eigenvalue weighted by Gasteiger charge is 2.24. The van der Waals surface area contributed by atoms with Gasteiger partial charge >= 0.3 is 11.6 Å². The van der Waals surface area contributed by atoms with E-state index in [0.717, 1.165) is 59.5 Å². The minimum absolute atomic E-state index is 0.105. The number of benzene rings is 1. The van der Waals surface area contributed by atoms with E-state index in [1.807, 2.05) is 32.0 Å². The van der Waals surface area contributed by atoms with Crippen molar-refractivity contribution < 1.29 is 23.1 Å². The number of esters is 1. The lowest BCUT2D eigenvalue weighted by molar-refractivity contribution is -0.139. The van der Waals surface area contributed by atoms with Crippen LogP contribution in [0.2, 0.25) is 0 Å². The smallest absolute Gasteiger partial charge is 0.340 e. The van der Waals surface area contributed by atoms with Crippen LogP contribution in [0.4, 0.5) is 0 Å². The number of fused-ring (bicyclic) bond motifs is 2. The second-order valence-electron chi connectivity index (χ2n) is 7.62. The van der Waals surface area contributed by atoms with E-state index < -0.39 is 11.6 Å². The van der Waals surface area contributed by atoms with E-state index in [-0.39, 0.29) is 6.42 Å². The van der Waals surface area contributed by atoms with Crippen LogP contribution in [0.3, 0.4) is 0 Å². The zero-order valence-electron chi connectivity index (χ0n) is 17.4. The molecule has 1 aliphatic heterocycles. The maximum absolute atomic E-state index is 12.5. The van der Waals surface area contributed by atoms with Gasteiger partial charge in [0.1, 0.15) is 23.8 Å². The molecule has 0 saturated heterocycles. The topological polar surface area (TPSA) is 82.1 Å². The summed E-state index contributed by atoms with van der Waals surface area (Å²) in [5.41, 5.74) is 2.93. The molecule has 4 rings (SSSR count). The quantitative estimate of drug-likeness (QED) is 0.453. The summed E-state index contributed by atoms with van der Waals surface area (Å²) in [6.45, 7) is 5.86. The average molecular weight is 411 g/mol. The van der Waals surface area contributed by atoms with Crippen molar-refractivity contribution in [3.05, 3.63) is 62.9 Å². The van der Waals surface area contributed by atoms with Crippen LogP contribution in [0.15, 0.2) is 38.1 Å². The molecule has 0 saturated carbocycles. The van der Waals surface area contributed by atoms with Crippen molar-refractivity contribution in [2.24, 2.45) is 0 Å². The fourth-order valence-electron chi connectivity index (χ4n) is 3.99. The molecule has 158 valence electrons. The lowest BCUT2D eigenvalue weighted by atomic mass is 9.97. The summed E-state index contributed by atoms with van der Waals surface area (Å²) in [4.78, 5) is 26.4. The van der Waals surface area contributed by atoms with Crippen LogP contribution in [0.5, 0.6) is 5.75 Å². The Hall–Kier alpha value is -3.06. The van der Waals surface area contributed by atoms with Crippen molar-refractivity contribution >= 4 is 16.9 Å². The molecule has 0 spiro atoms. The number of furan rings is 1. The number of aryl methyl sites for hydroxylation is 3. The van der Waals surface area contributed by atoms with Crippen molar-refractivity contribution in [3.63, 3.8) is 0 Å². The second-order valence-corrected chi connectivity index (χ2v) is 7.62. The van der Waals surface area contributed by atoms with E-state index in [2.05, 4.69) is 4.90 Å². The summed E-state index contributed by atoms with van der Waals surface area (Å²) in [5.74, 6) is 1.29. The molecule has 2 aromatic heterocycles. The van der Waals surface area contributed by atoms with Crippen LogP contribution in [0, 0.1) is 13.8 Å². The Kier molecular flexibility index (Phi) is 5.63. The Labute approximate surface area is 174 Å². The number of hydrogen-bond donors (Lipinski definition) is 0. The highest BCUT2D eigenvalue weighted by molar-refractivity contribution is 5.88. The molecule has 1 aromatic carbocycles. The van der Waals surface area contributed by atoms with Crippen molar-refractivity contribution in [2.45, 2.75) is 39.7 Å². The first-order chi connectivity index (χ1) is 14.5. The third-order valence-electron chi connectivity index (χ3n) is 5.65. The summed E-state index contributed by atoms with van der Waals surface area (Å²) in [6, 6.07) is 5.90. The molecule has 0 amide bonds. The number of nitrogens with zero attached hydrogens (tertiary/aromatic N) is 1. The average Bonchev–Trinajstić information content (AvgIpc) is 3.25. The molecule has 0 radical (unpaired) electrons. The number of rotatable bonds is 6. The zero-order valence-corrected chi connectivity index (χ0v) is 17.4. The summed E-state index contributed by atoms with van der Waals surface area (Å²) < 4.78 is 21.7.